The summed E-state index contributed by atoms with van der Waals surface area (Å²) in [5, 5.41) is 0. The van der Waals surface area contributed by atoms with Crippen molar-refractivity contribution in [3.05, 3.63) is 29.6 Å². The minimum atomic E-state index is 0.880. The average molecular weight is 131 g/mol. The Kier molecular flexibility index (Phi) is 2.07. The zero-order valence-electron chi connectivity index (χ0n) is 6.18. The van der Waals surface area contributed by atoms with Crippen LogP contribution in [-0.4, -0.2) is 4.98 Å². The second-order valence-corrected chi connectivity index (χ2v) is 2.04. The summed E-state index contributed by atoms with van der Waals surface area (Å²) in [5.41, 5.74) is 2.02. The Balaban J connectivity index is 3.11. The van der Waals surface area contributed by atoms with E-state index >= 15 is 0 Å². The van der Waals surface area contributed by atoms with Gasteiger partial charge in [-0.15, -0.1) is 0 Å². The standard InChI is InChI=1S/C9H9N/c1-3-5-9-8(2)6-4-7-10-9/h4,6-7H,1-2H3. The van der Waals surface area contributed by atoms with Gasteiger partial charge in [-0.3, -0.25) is 0 Å². The van der Waals surface area contributed by atoms with Crippen molar-refractivity contribution in [2.24, 2.45) is 0 Å². The predicted molar refractivity (Wildman–Crippen MR) is 41.5 cm³/mol. The first-order chi connectivity index (χ1) is 4.84. The molecule has 0 atom stereocenters. The third-order valence-electron chi connectivity index (χ3n) is 1.25. The Hall–Kier alpha value is -1.29. The number of hydrogen-bond donors (Lipinski definition) is 0. The summed E-state index contributed by atoms with van der Waals surface area (Å²) >= 11 is 0. The number of nitrogens with zero attached hydrogens (tertiary/aromatic N) is 1. The molecule has 0 bridgehead atoms. The van der Waals surface area contributed by atoms with Crippen molar-refractivity contribution in [3.63, 3.8) is 0 Å². The molecule has 0 spiro atoms. The molecule has 0 aliphatic rings. The molecule has 1 aromatic heterocycles. The first-order valence-corrected chi connectivity index (χ1v) is 3.19. The van der Waals surface area contributed by atoms with Crippen LogP contribution in [0.15, 0.2) is 18.3 Å². The number of aromatic nitrogens is 1. The first-order valence-electron chi connectivity index (χ1n) is 3.19. The lowest BCUT2D eigenvalue weighted by Gasteiger charge is -1.92. The highest BCUT2D eigenvalue weighted by molar-refractivity contribution is 5.33. The number of rotatable bonds is 0. The van der Waals surface area contributed by atoms with Crippen LogP contribution in [0.2, 0.25) is 0 Å². The Morgan fingerprint density at radius 2 is 2.30 bits per heavy atom. The molecule has 0 aliphatic carbocycles. The van der Waals surface area contributed by atoms with Crippen molar-refractivity contribution in [3.8, 4) is 11.8 Å². The van der Waals surface area contributed by atoms with Gasteiger partial charge in [0.05, 0.1) is 0 Å². The number of aryl methyl sites for hydroxylation is 1. The van der Waals surface area contributed by atoms with Crippen molar-refractivity contribution >= 4 is 0 Å². The highest BCUT2D eigenvalue weighted by atomic mass is 14.7. The summed E-state index contributed by atoms with van der Waals surface area (Å²) in [6.07, 6.45) is 1.76. The van der Waals surface area contributed by atoms with E-state index < -0.39 is 0 Å². The molecule has 0 radical (unpaired) electrons. The maximum absolute atomic E-state index is 4.09. The molecule has 1 heteroatoms. The van der Waals surface area contributed by atoms with Crippen LogP contribution in [0.1, 0.15) is 18.2 Å². The van der Waals surface area contributed by atoms with E-state index in [1.165, 1.54) is 0 Å². The van der Waals surface area contributed by atoms with Gasteiger partial charge in [0, 0.05) is 6.20 Å². The smallest absolute Gasteiger partial charge is 0.116 e. The topological polar surface area (TPSA) is 12.9 Å². The Labute approximate surface area is 61.1 Å². The van der Waals surface area contributed by atoms with Gasteiger partial charge in [0.15, 0.2) is 0 Å². The van der Waals surface area contributed by atoms with Gasteiger partial charge in [0.25, 0.3) is 0 Å². The zero-order chi connectivity index (χ0) is 7.40. The number of hydrogen-bond acceptors (Lipinski definition) is 1. The molecule has 0 saturated carbocycles. The van der Waals surface area contributed by atoms with E-state index in [2.05, 4.69) is 16.8 Å². The molecule has 0 fully saturated rings. The van der Waals surface area contributed by atoms with Crippen molar-refractivity contribution < 1.29 is 0 Å². The minimum absolute atomic E-state index is 0.880. The van der Waals surface area contributed by atoms with Crippen molar-refractivity contribution in [2.45, 2.75) is 13.8 Å². The molecule has 50 valence electrons. The SMILES string of the molecule is CC#Cc1ncccc1C. The summed E-state index contributed by atoms with van der Waals surface area (Å²) in [5.74, 6) is 5.73. The van der Waals surface area contributed by atoms with Crippen molar-refractivity contribution in [1.29, 1.82) is 0 Å². The molecule has 1 aromatic rings. The fourth-order valence-electron chi connectivity index (χ4n) is 0.735. The van der Waals surface area contributed by atoms with Crippen LogP contribution in [0.3, 0.4) is 0 Å². The molecular weight excluding hydrogens is 122 g/mol. The fraction of sp³-hybridized carbons (Fsp3) is 0.222. The van der Waals surface area contributed by atoms with E-state index in [4.69, 9.17) is 0 Å². The van der Waals surface area contributed by atoms with Crippen LogP contribution in [-0.2, 0) is 0 Å². The van der Waals surface area contributed by atoms with Gasteiger partial charge >= 0.3 is 0 Å². The van der Waals surface area contributed by atoms with Gasteiger partial charge < -0.3 is 0 Å². The summed E-state index contributed by atoms with van der Waals surface area (Å²) in [7, 11) is 0. The van der Waals surface area contributed by atoms with Crippen LogP contribution in [0.25, 0.3) is 0 Å². The second kappa shape index (κ2) is 3.03. The lowest BCUT2D eigenvalue weighted by Crippen LogP contribution is -1.84. The molecular formula is C9H9N. The summed E-state index contributed by atoms with van der Waals surface area (Å²) in [6.45, 7) is 3.82. The summed E-state index contributed by atoms with van der Waals surface area (Å²) in [6, 6.07) is 3.92. The summed E-state index contributed by atoms with van der Waals surface area (Å²) in [4.78, 5) is 4.09. The van der Waals surface area contributed by atoms with E-state index in [-0.39, 0.29) is 0 Å². The van der Waals surface area contributed by atoms with E-state index in [0.717, 1.165) is 11.3 Å². The van der Waals surface area contributed by atoms with Crippen LogP contribution in [0.4, 0.5) is 0 Å². The van der Waals surface area contributed by atoms with Gasteiger partial charge in [-0.05, 0) is 31.4 Å². The molecule has 0 aliphatic heterocycles. The highest BCUT2D eigenvalue weighted by Crippen LogP contribution is 1.99. The van der Waals surface area contributed by atoms with Gasteiger partial charge in [0.1, 0.15) is 5.69 Å². The molecule has 0 saturated heterocycles. The predicted octanol–water partition coefficient (Wildman–Crippen LogP) is 1.76. The number of pyridine rings is 1. The van der Waals surface area contributed by atoms with E-state index in [1.54, 1.807) is 6.20 Å². The Morgan fingerprint density at radius 1 is 1.50 bits per heavy atom. The fourth-order valence-corrected chi connectivity index (χ4v) is 0.735. The third kappa shape index (κ3) is 1.35. The Morgan fingerprint density at radius 3 is 2.90 bits per heavy atom. The zero-order valence-corrected chi connectivity index (χ0v) is 6.18. The van der Waals surface area contributed by atoms with E-state index in [0.29, 0.717) is 0 Å². The molecule has 0 aromatic carbocycles. The first kappa shape index (κ1) is 6.82. The van der Waals surface area contributed by atoms with Gasteiger partial charge in [0.2, 0.25) is 0 Å². The van der Waals surface area contributed by atoms with Crippen LogP contribution in [0, 0.1) is 18.8 Å². The largest absolute Gasteiger partial charge is 0.248 e. The minimum Gasteiger partial charge on any atom is -0.248 e. The maximum Gasteiger partial charge on any atom is 0.116 e. The maximum atomic E-state index is 4.09. The average Bonchev–Trinajstić information content (AvgIpc) is 1.94. The van der Waals surface area contributed by atoms with Gasteiger partial charge in [-0.2, -0.15) is 0 Å². The molecule has 1 rings (SSSR count). The second-order valence-electron chi connectivity index (χ2n) is 2.04. The highest BCUT2D eigenvalue weighted by Gasteiger charge is 1.90. The van der Waals surface area contributed by atoms with Crippen molar-refractivity contribution in [1.82, 2.24) is 4.98 Å². The van der Waals surface area contributed by atoms with Crippen LogP contribution >= 0.6 is 0 Å². The summed E-state index contributed by atoms with van der Waals surface area (Å²) < 4.78 is 0. The van der Waals surface area contributed by atoms with Gasteiger partial charge in [-0.25, -0.2) is 4.98 Å². The molecule has 0 unspecified atom stereocenters. The molecule has 0 N–H and O–H groups in total. The van der Waals surface area contributed by atoms with Crippen molar-refractivity contribution in [2.75, 3.05) is 0 Å². The van der Waals surface area contributed by atoms with E-state index in [9.17, 15) is 0 Å². The van der Waals surface area contributed by atoms with Gasteiger partial charge in [-0.1, -0.05) is 12.0 Å². The molecule has 1 nitrogen and oxygen atoms in total. The monoisotopic (exact) mass is 131 g/mol. The van der Waals surface area contributed by atoms with E-state index in [1.807, 2.05) is 26.0 Å². The lowest BCUT2D eigenvalue weighted by molar-refractivity contribution is 1.23. The van der Waals surface area contributed by atoms with Crippen LogP contribution < -0.4 is 0 Å². The van der Waals surface area contributed by atoms with Crippen LogP contribution in [0.5, 0.6) is 0 Å². The molecule has 1 heterocycles. The molecule has 0 amide bonds. The third-order valence-corrected chi connectivity index (χ3v) is 1.25. The quantitative estimate of drug-likeness (QED) is 0.489. The lowest BCUT2D eigenvalue weighted by atomic mass is 10.2. The normalized spacial score (nSPS) is 8.20. The Bertz CT molecular complexity index is 278. The molecule has 10 heavy (non-hydrogen) atoms.